The van der Waals surface area contributed by atoms with Crippen LogP contribution in [0.15, 0.2) is 30.3 Å². The van der Waals surface area contributed by atoms with Gasteiger partial charge in [-0.1, -0.05) is 52.4 Å². The number of carbonyl (C=O) groups is 2. The molecule has 0 N–H and O–H groups in total. The van der Waals surface area contributed by atoms with Crippen molar-refractivity contribution in [3.63, 3.8) is 0 Å². The van der Waals surface area contributed by atoms with Gasteiger partial charge in [0.25, 0.3) is 0 Å². The molecule has 0 aliphatic heterocycles. The zero-order valence-electron chi connectivity index (χ0n) is 25.2. The quantitative estimate of drug-likeness (QED) is 0.0511. The van der Waals surface area contributed by atoms with Crippen LogP contribution in [0.2, 0.25) is 0 Å². The van der Waals surface area contributed by atoms with E-state index < -0.39 is 69.5 Å². The standard InChI is InChI=1S/C33H34F6O6/c1-4-6-8-10-14-42-24-17-21(34)26(30(38)28(24)36)32(40)44-20-12-13-23(19(3)16-20)45-33(41)27-22(35)18-25(29(37)31(27)39)43-15-11-9-7-5-2/h12-13,16-18H,4-11,14-15H2,1-3H3. The maximum Gasteiger partial charge on any atom is 0.349 e. The first kappa shape index (κ1) is 35.3. The first-order valence-electron chi connectivity index (χ1n) is 14.7. The van der Waals surface area contributed by atoms with Crippen molar-refractivity contribution in [1.82, 2.24) is 0 Å². The molecule has 6 nitrogen and oxygen atoms in total. The maximum atomic E-state index is 14.7. The lowest BCUT2D eigenvalue weighted by Crippen LogP contribution is -2.16. The Kier molecular flexibility index (Phi) is 13.1. The van der Waals surface area contributed by atoms with Gasteiger partial charge in [-0.05, 0) is 43.5 Å². The summed E-state index contributed by atoms with van der Waals surface area (Å²) >= 11 is 0. The lowest BCUT2D eigenvalue weighted by Gasteiger charge is -2.13. The highest BCUT2D eigenvalue weighted by molar-refractivity contribution is 5.93. The molecule has 0 saturated carbocycles. The number of rotatable bonds is 16. The summed E-state index contributed by atoms with van der Waals surface area (Å²) in [7, 11) is 0. The van der Waals surface area contributed by atoms with Gasteiger partial charge in [0.15, 0.2) is 23.1 Å². The fourth-order valence-electron chi connectivity index (χ4n) is 4.26. The monoisotopic (exact) mass is 640 g/mol. The Morgan fingerprint density at radius 1 is 0.578 bits per heavy atom. The summed E-state index contributed by atoms with van der Waals surface area (Å²) in [6.07, 6.45) is 6.42. The minimum atomic E-state index is -1.80. The van der Waals surface area contributed by atoms with Crippen LogP contribution in [0.3, 0.4) is 0 Å². The highest BCUT2D eigenvalue weighted by Gasteiger charge is 2.28. The molecule has 0 radical (unpaired) electrons. The highest BCUT2D eigenvalue weighted by Crippen LogP contribution is 2.31. The third-order valence-corrected chi connectivity index (χ3v) is 6.73. The molecule has 12 heteroatoms. The van der Waals surface area contributed by atoms with Crippen LogP contribution in [-0.4, -0.2) is 25.2 Å². The Morgan fingerprint density at radius 3 is 1.49 bits per heavy atom. The molecule has 0 aromatic heterocycles. The van der Waals surface area contributed by atoms with Crippen molar-refractivity contribution >= 4 is 11.9 Å². The maximum absolute atomic E-state index is 14.7. The minimum absolute atomic E-state index is 0.0306. The molecular formula is C33H34F6O6. The van der Waals surface area contributed by atoms with Crippen LogP contribution < -0.4 is 18.9 Å². The second-order valence-corrected chi connectivity index (χ2v) is 10.2. The molecule has 0 bridgehead atoms. The van der Waals surface area contributed by atoms with Crippen LogP contribution in [0.5, 0.6) is 23.0 Å². The van der Waals surface area contributed by atoms with Crippen molar-refractivity contribution in [2.24, 2.45) is 0 Å². The molecule has 0 saturated heterocycles. The fraction of sp³-hybridized carbons (Fsp3) is 0.394. The van der Waals surface area contributed by atoms with E-state index in [4.69, 9.17) is 18.9 Å². The van der Waals surface area contributed by atoms with Gasteiger partial charge in [0, 0.05) is 12.1 Å². The molecule has 45 heavy (non-hydrogen) atoms. The minimum Gasteiger partial charge on any atom is -0.490 e. The predicted octanol–water partition coefficient (Wildman–Crippen LogP) is 9.19. The molecule has 3 aromatic carbocycles. The number of benzene rings is 3. The molecule has 3 aromatic rings. The number of ether oxygens (including phenoxy) is 4. The SMILES string of the molecule is CCCCCCOc1cc(F)c(C(=O)Oc2ccc(OC(=O)c3c(F)cc(OCCCCCC)c(F)c3F)c(C)c2)c(F)c1F. The number of hydrogen-bond donors (Lipinski definition) is 0. The van der Waals surface area contributed by atoms with Gasteiger partial charge in [-0.2, -0.15) is 8.78 Å². The number of carbonyl (C=O) groups excluding carboxylic acids is 2. The van der Waals surface area contributed by atoms with Crippen LogP contribution in [0.1, 0.15) is 91.5 Å². The van der Waals surface area contributed by atoms with Gasteiger partial charge < -0.3 is 18.9 Å². The molecule has 0 fully saturated rings. The Hall–Kier alpha value is -4.22. The van der Waals surface area contributed by atoms with Crippen molar-refractivity contribution in [2.75, 3.05) is 13.2 Å². The topological polar surface area (TPSA) is 71.1 Å². The average Bonchev–Trinajstić information content (AvgIpc) is 2.99. The highest BCUT2D eigenvalue weighted by atomic mass is 19.2. The summed E-state index contributed by atoms with van der Waals surface area (Å²) in [5.41, 5.74) is -2.50. The van der Waals surface area contributed by atoms with E-state index in [1.165, 1.54) is 6.92 Å². The Balaban J connectivity index is 1.69. The summed E-state index contributed by atoms with van der Waals surface area (Å²) in [5, 5.41) is 0. The summed E-state index contributed by atoms with van der Waals surface area (Å²) < 4.78 is 108. The van der Waals surface area contributed by atoms with Crippen molar-refractivity contribution in [1.29, 1.82) is 0 Å². The van der Waals surface area contributed by atoms with E-state index in [-0.39, 0.29) is 30.3 Å². The van der Waals surface area contributed by atoms with Crippen molar-refractivity contribution in [3.8, 4) is 23.0 Å². The summed E-state index contributed by atoms with van der Waals surface area (Å²) in [4.78, 5) is 25.1. The summed E-state index contributed by atoms with van der Waals surface area (Å²) in [5.74, 6) is -14.5. The fourth-order valence-corrected chi connectivity index (χ4v) is 4.26. The van der Waals surface area contributed by atoms with Crippen LogP contribution in [-0.2, 0) is 0 Å². The predicted molar refractivity (Wildman–Crippen MR) is 153 cm³/mol. The lowest BCUT2D eigenvalue weighted by molar-refractivity contribution is 0.0705. The molecule has 3 rings (SSSR count). The van der Waals surface area contributed by atoms with Crippen molar-refractivity contribution in [2.45, 2.75) is 72.1 Å². The summed E-state index contributed by atoms with van der Waals surface area (Å²) in [6, 6.07) is 4.34. The molecule has 0 amide bonds. The first-order valence-corrected chi connectivity index (χ1v) is 14.7. The van der Waals surface area contributed by atoms with Gasteiger partial charge in [0.1, 0.15) is 34.3 Å². The number of aryl methyl sites for hydroxylation is 1. The van der Waals surface area contributed by atoms with Crippen LogP contribution in [0, 0.1) is 41.8 Å². The second kappa shape index (κ2) is 16.7. The van der Waals surface area contributed by atoms with E-state index in [9.17, 15) is 35.9 Å². The first-order chi connectivity index (χ1) is 21.5. The van der Waals surface area contributed by atoms with E-state index in [0.29, 0.717) is 25.0 Å². The molecule has 0 spiro atoms. The lowest BCUT2D eigenvalue weighted by atomic mass is 10.1. The number of halogens is 6. The molecule has 0 aliphatic rings. The average molecular weight is 641 g/mol. The molecule has 0 aliphatic carbocycles. The van der Waals surface area contributed by atoms with Crippen LogP contribution >= 0.6 is 0 Å². The number of esters is 2. The number of hydrogen-bond acceptors (Lipinski definition) is 6. The molecular weight excluding hydrogens is 606 g/mol. The second-order valence-electron chi connectivity index (χ2n) is 10.2. The summed E-state index contributed by atoms with van der Waals surface area (Å²) in [6.45, 7) is 5.41. The van der Waals surface area contributed by atoms with Gasteiger partial charge in [-0.25, -0.2) is 27.2 Å². The van der Waals surface area contributed by atoms with Gasteiger partial charge in [-0.15, -0.1) is 0 Å². The molecule has 0 unspecified atom stereocenters. The normalized spacial score (nSPS) is 11.0. The van der Waals surface area contributed by atoms with E-state index in [1.54, 1.807) is 0 Å². The Labute approximate surface area is 257 Å². The third-order valence-electron chi connectivity index (χ3n) is 6.73. The smallest absolute Gasteiger partial charge is 0.349 e. The number of unbranched alkanes of at least 4 members (excludes halogenated alkanes) is 6. The van der Waals surface area contributed by atoms with Crippen LogP contribution in [0.25, 0.3) is 0 Å². The molecule has 0 heterocycles. The van der Waals surface area contributed by atoms with E-state index in [1.807, 2.05) is 13.8 Å². The van der Waals surface area contributed by atoms with E-state index >= 15 is 0 Å². The zero-order chi connectivity index (χ0) is 33.1. The van der Waals surface area contributed by atoms with Crippen molar-refractivity contribution < 1.29 is 54.9 Å². The third kappa shape index (κ3) is 9.15. The van der Waals surface area contributed by atoms with Crippen LogP contribution in [0.4, 0.5) is 26.3 Å². The van der Waals surface area contributed by atoms with E-state index in [2.05, 4.69) is 0 Å². The zero-order valence-corrected chi connectivity index (χ0v) is 25.2. The Morgan fingerprint density at radius 2 is 1.04 bits per heavy atom. The van der Waals surface area contributed by atoms with Gasteiger partial charge in [0.2, 0.25) is 11.6 Å². The van der Waals surface area contributed by atoms with Gasteiger partial charge in [0.05, 0.1) is 13.2 Å². The molecule has 0 atom stereocenters. The van der Waals surface area contributed by atoms with Gasteiger partial charge >= 0.3 is 11.9 Å². The van der Waals surface area contributed by atoms with Gasteiger partial charge in [-0.3, -0.25) is 0 Å². The van der Waals surface area contributed by atoms with Crippen molar-refractivity contribution in [3.05, 3.63) is 81.9 Å². The Bertz CT molecular complexity index is 1510. The van der Waals surface area contributed by atoms with E-state index in [0.717, 1.165) is 56.7 Å². The molecule has 244 valence electrons. The largest absolute Gasteiger partial charge is 0.490 e.